The second-order valence-corrected chi connectivity index (χ2v) is 7.68. The molecule has 4 rings (SSSR count). The molecule has 0 N–H and O–H groups in total. The molecule has 1 aliphatic rings. The van der Waals surface area contributed by atoms with Crippen LogP contribution in [0, 0.1) is 5.92 Å². The number of para-hydroxylation sites is 1. The van der Waals surface area contributed by atoms with Gasteiger partial charge in [0, 0.05) is 13.1 Å². The van der Waals surface area contributed by atoms with Gasteiger partial charge in [-0.05, 0) is 43.0 Å². The second kappa shape index (κ2) is 8.66. The largest absolute Gasteiger partial charge is 0.483 e. The van der Waals surface area contributed by atoms with Crippen LogP contribution in [0.5, 0.6) is 5.75 Å². The van der Waals surface area contributed by atoms with Crippen molar-refractivity contribution < 1.29 is 14.1 Å². The van der Waals surface area contributed by atoms with Crippen LogP contribution < -0.4 is 4.74 Å². The van der Waals surface area contributed by atoms with Crippen LogP contribution in [0.15, 0.2) is 53.1 Å². The topological polar surface area (TPSA) is 68.5 Å². The van der Waals surface area contributed by atoms with Gasteiger partial charge in [-0.15, -0.1) is 0 Å². The number of likely N-dealkylation sites (tertiary alicyclic amines) is 1. The molecule has 1 atom stereocenters. The lowest BCUT2D eigenvalue weighted by Gasteiger charge is -2.30. The molecule has 150 valence electrons. The van der Waals surface area contributed by atoms with Crippen molar-refractivity contribution in [1.29, 1.82) is 0 Å². The predicted molar refractivity (Wildman–Crippen MR) is 111 cm³/mol. The molecular formula is C22H22ClN3O3. The summed E-state index contributed by atoms with van der Waals surface area (Å²) in [5.74, 6) is 1.78. The molecule has 2 heterocycles. The van der Waals surface area contributed by atoms with E-state index in [9.17, 15) is 4.79 Å². The molecule has 7 heteroatoms. The van der Waals surface area contributed by atoms with Gasteiger partial charge >= 0.3 is 0 Å². The number of carbonyl (C=O) groups excluding carboxylic acids is 1. The van der Waals surface area contributed by atoms with Crippen LogP contribution in [0.4, 0.5) is 0 Å². The number of rotatable bonds is 5. The van der Waals surface area contributed by atoms with Crippen LogP contribution in [0.2, 0.25) is 5.02 Å². The van der Waals surface area contributed by atoms with E-state index in [2.05, 4.69) is 17.1 Å². The summed E-state index contributed by atoms with van der Waals surface area (Å²) in [4.78, 5) is 18.9. The number of nitrogens with zero attached hydrogens (tertiary/aromatic N) is 3. The van der Waals surface area contributed by atoms with Gasteiger partial charge < -0.3 is 14.2 Å². The summed E-state index contributed by atoms with van der Waals surface area (Å²) in [5, 5.41) is 4.61. The molecular weight excluding hydrogens is 390 g/mol. The van der Waals surface area contributed by atoms with Crippen LogP contribution in [-0.2, 0) is 4.79 Å². The lowest BCUT2D eigenvalue weighted by Crippen LogP contribution is -2.41. The van der Waals surface area contributed by atoms with Gasteiger partial charge in [0.15, 0.2) is 6.61 Å². The van der Waals surface area contributed by atoms with Crippen molar-refractivity contribution in [2.45, 2.75) is 19.8 Å². The van der Waals surface area contributed by atoms with Crippen molar-refractivity contribution in [3.63, 3.8) is 0 Å². The minimum Gasteiger partial charge on any atom is -0.483 e. The van der Waals surface area contributed by atoms with E-state index < -0.39 is 0 Å². The molecule has 0 unspecified atom stereocenters. The second-order valence-electron chi connectivity index (χ2n) is 7.27. The number of hydrogen-bond acceptors (Lipinski definition) is 5. The molecule has 0 aliphatic carbocycles. The molecule has 0 radical (unpaired) electrons. The Bertz CT molecular complexity index is 1000. The summed E-state index contributed by atoms with van der Waals surface area (Å²) < 4.78 is 11.2. The minimum absolute atomic E-state index is 0.00350. The molecule has 29 heavy (non-hydrogen) atoms. The summed E-state index contributed by atoms with van der Waals surface area (Å²) in [6, 6.07) is 14.6. The lowest BCUT2D eigenvalue weighted by atomic mass is 10.0. The van der Waals surface area contributed by atoms with E-state index >= 15 is 0 Å². The number of carbonyl (C=O) groups is 1. The molecule has 3 aromatic rings. The number of hydrogen-bond donors (Lipinski definition) is 0. The first-order valence-corrected chi connectivity index (χ1v) is 10.1. The normalized spacial score (nSPS) is 16.6. The van der Waals surface area contributed by atoms with Crippen molar-refractivity contribution in [1.82, 2.24) is 15.0 Å². The fraction of sp³-hybridized carbons (Fsp3) is 0.318. The summed E-state index contributed by atoms with van der Waals surface area (Å²) in [6.45, 7) is 3.73. The zero-order valence-corrected chi connectivity index (χ0v) is 16.9. The first kappa shape index (κ1) is 19.5. The van der Waals surface area contributed by atoms with Gasteiger partial charge in [0.1, 0.15) is 5.75 Å². The van der Waals surface area contributed by atoms with Crippen LogP contribution in [0.1, 0.15) is 19.8 Å². The Morgan fingerprint density at radius 3 is 2.76 bits per heavy atom. The van der Waals surface area contributed by atoms with Crippen LogP contribution in [0.3, 0.4) is 0 Å². The van der Waals surface area contributed by atoms with E-state index in [1.54, 1.807) is 12.1 Å². The molecule has 0 bridgehead atoms. The fourth-order valence-electron chi connectivity index (χ4n) is 3.50. The fourth-order valence-corrected chi connectivity index (χ4v) is 3.72. The number of halogens is 1. The molecule has 2 aromatic carbocycles. The molecule has 1 fully saturated rings. The van der Waals surface area contributed by atoms with Crippen molar-refractivity contribution in [2.75, 3.05) is 19.7 Å². The zero-order chi connectivity index (χ0) is 20.2. The standard InChI is InChI=1S/C22H22ClN3O3/c1-15-7-6-12-26(13-15)20(27)14-28-19-11-5-3-9-17(19)21-24-22(29-25-21)16-8-2-4-10-18(16)23/h2-5,8-11,15H,6-7,12-14H2,1H3/t15-/m1/s1. The van der Waals surface area contributed by atoms with Crippen molar-refractivity contribution in [2.24, 2.45) is 5.92 Å². The highest BCUT2D eigenvalue weighted by Crippen LogP contribution is 2.31. The third kappa shape index (κ3) is 4.43. The number of piperidine rings is 1. The highest BCUT2D eigenvalue weighted by Gasteiger charge is 2.22. The quantitative estimate of drug-likeness (QED) is 0.609. The maximum absolute atomic E-state index is 12.5. The highest BCUT2D eigenvalue weighted by molar-refractivity contribution is 6.33. The van der Waals surface area contributed by atoms with E-state index in [-0.39, 0.29) is 12.5 Å². The van der Waals surface area contributed by atoms with E-state index in [4.69, 9.17) is 20.9 Å². The maximum Gasteiger partial charge on any atom is 0.260 e. The Balaban J connectivity index is 1.50. The predicted octanol–water partition coefficient (Wildman–Crippen LogP) is 4.69. The average molecular weight is 412 g/mol. The molecule has 0 spiro atoms. The molecule has 1 aliphatic heterocycles. The first-order valence-electron chi connectivity index (χ1n) is 9.70. The van der Waals surface area contributed by atoms with Crippen LogP contribution >= 0.6 is 11.6 Å². The third-order valence-corrected chi connectivity index (χ3v) is 5.35. The first-order chi connectivity index (χ1) is 14.1. The zero-order valence-electron chi connectivity index (χ0n) is 16.2. The molecule has 1 amide bonds. The monoisotopic (exact) mass is 411 g/mol. The summed E-state index contributed by atoms with van der Waals surface area (Å²) in [5.41, 5.74) is 1.33. The Kier molecular flexibility index (Phi) is 5.81. The van der Waals surface area contributed by atoms with Crippen LogP contribution in [-0.4, -0.2) is 40.6 Å². The Morgan fingerprint density at radius 2 is 1.97 bits per heavy atom. The van der Waals surface area contributed by atoms with Gasteiger partial charge in [0.2, 0.25) is 5.82 Å². The summed E-state index contributed by atoms with van der Waals surface area (Å²) >= 11 is 6.22. The summed E-state index contributed by atoms with van der Waals surface area (Å²) in [6.07, 6.45) is 2.20. The van der Waals surface area contributed by atoms with Gasteiger partial charge in [-0.2, -0.15) is 4.98 Å². The van der Waals surface area contributed by atoms with Gasteiger partial charge in [-0.3, -0.25) is 4.79 Å². The van der Waals surface area contributed by atoms with Crippen molar-refractivity contribution in [3.05, 3.63) is 53.6 Å². The smallest absolute Gasteiger partial charge is 0.260 e. The number of benzene rings is 2. The van der Waals surface area contributed by atoms with Gasteiger partial charge in [0.25, 0.3) is 11.8 Å². The maximum atomic E-state index is 12.5. The molecule has 6 nitrogen and oxygen atoms in total. The molecule has 1 saturated heterocycles. The summed E-state index contributed by atoms with van der Waals surface area (Å²) in [7, 11) is 0. The van der Waals surface area contributed by atoms with E-state index in [0.717, 1.165) is 19.5 Å². The van der Waals surface area contributed by atoms with E-state index in [0.29, 0.717) is 39.5 Å². The van der Waals surface area contributed by atoms with Gasteiger partial charge in [0.05, 0.1) is 16.1 Å². The number of aromatic nitrogens is 2. The van der Waals surface area contributed by atoms with Gasteiger partial charge in [-0.25, -0.2) is 0 Å². The van der Waals surface area contributed by atoms with Crippen molar-refractivity contribution >= 4 is 17.5 Å². The molecule has 0 saturated carbocycles. The average Bonchev–Trinajstić information content (AvgIpc) is 3.22. The Labute approximate surface area is 174 Å². The van der Waals surface area contributed by atoms with E-state index in [1.165, 1.54) is 6.42 Å². The number of ether oxygens (including phenoxy) is 1. The SMILES string of the molecule is C[C@@H]1CCCN(C(=O)COc2ccccc2-c2noc(-c3ccccc3Cl)n2)C1. The lowest BCUT2D eigenvalue weighted by molar-refractivity contribution is -0.135. The Morgan fingerprint density at radius 1 is 1.21 bits per heavy atom. The highest BCUT2D eigenvalue weighted by atomic mass is 35.5. The minimum atomic E-state index is -0.0149. The van der Waals surface area contributed by atoms with Gasteiger partial charge in [-0.1, -0.05) is 47.9 Å². The molecule has 1 aromatic heterocycles. The van der Waals surface area contributed by atoms with E-state index in [1.807, 2.05) is 41.3 Å². The Hall–Kier alpha value is -2.86. The third-order valence-electron chi connectivity index (χ3n) is 5.02. The van der Waals surface area contributed by atoms with Crippen LogP contribution in [0.25, 0.3) is 22.8 Å². The number of amides is 1. The van der Waals surface area contributed by atoms with Crippen molar-refractivity contribution in [3.8, 4) is 28.6 Å².